The summed E-state index contributed by atoms with van der Waals surface area (Å²) in [5.41, 5.74) is 5.24. The Morgan fingerprint density at radius 1 is 0.960 bits per heavy atom. The van der Waals surface area contributed by atoms with Crippen LogP contribution in [-0.4, -0.2) is 21.7 Å². The second-order valence-corrected chi connectivity index (χ2v) is 6.43. The molecule has 3 rings (SSSR count). The number of aromatic nitrogens is 2. The highest BCUT2D eigenvalue weighted by Gasteiger charge is 2.07. The number of aliphatic hydroxyl groups excluding tert-OH is 1. The smallest absolute Gasteiger partial charge is 0.129 e. The average molecular weight is 353 g/mol. The van der Waals surface area contributed by atoms with E-state index in [9.17, 15) is 0 Å². The molecule has 1 aromatic heterocycles. The molecule has 0 bridgehead atoms. The SMILES string of the molecule is CCc1nc(Cc2ccc(CCO)cc2)cc(-c2cccc(Cl)c2)n1. The van der Waals surface area contributed by atoms with Crippen molar-refractivity contribution in [3.05, 3.63) is 82.3 Å². The fraction of sp³-hybridized carbons (Fsp3) is 0.238. The Bertz CT molecular complexity index is 847. The summed E-state index contributed by atoms with van der Waals surface area (Å²) < 4.78 is 0. The maximum Gasteiger partial charge on any atom is 0.129 e. The van der Waals surface area contributed by atoms with E-state index in [0.717, 1.165) is 41.2 Å². The number of aryl methyl sites for hydroxylation is 1. The number of aliphatic hydroxyl groups is 1. The number of rotatable bonds is 6. The van der Waals surface area contributed by atoms with Gasteiger partial charge in [-0.25, -0.2) is 9.97 Å². The number of hydrogen-bond acceptors (Lipinski definition) is 3. The van der Waals surface area contributed by atoms with Gasteiger partial charge in [-0.15, -0.1) is 0 Å². The summed E-state index contributed by atoms with van der Waals surface area (Å²) in [6, 6.07) is 18.1. The van der Waals surface area contributed by atoms with E-state index >= 15 is 0 Å². The molecule has 0 saturated carbocycles. The van der Waals surface area contributed by atoms with Crippen LogP contribution >= 0.6 is 11.6 Å². The summed E-state index contributed by atoms with van der Waals surface area (Å²) in [6.07, 6.45) is 2.23. The lowest BCUT2D eigenvalue weighted by Crippen LogP contribution is -2.02. The van der Waals surface area contributed by atoms with Crippen molar-refractivity contribution in [1.29, 1.82) is 0 Å². The fourth-order valence-corrected chi connectivity index (χ4v) is 2.95. The molecule has 0 amide bonds. The number of nitrogens with zero attached hydrogens (tertiary/aromatic N) is 2. The van der Waals surface area contributed by atoms with Crippen LogP contribution in [-0.2, 0) is 19.3 Å². The summed E-state index contributed by atoms with van der Waals surface area (Å²) in [4.78, 5) is 9.32. The Labute approximate surface area is 153 Å². The van der Waals surface area contributed by atoms with Crippen molar-refractivity contribution in [2.75, 3.05) is 6.61 Å². The molecule has 0 atom stereocenters. The summed E-state index contributed by atoms with van der Waals surface area (Å²) >= 11 is 6.12. The Kier molecular flexibility index (Phi) is 5.79. The second-order valence-electron chi connectivity index (χ2n) is 5.99. The lowest BCUT2D eigenvalue weighted by molar-refractivity contribution is 0.299. The van der Waals surface area contributed by atoms with Crippen LogP contribution in [0.15, 0.2) is 54.6 Å². The van der Waals surface area contributed by atoms with Crippen molar-refractivity contribution in [3.63, 3.8) is 0 Å². The molecule has 0 fully saturated rings. The summed E-state index contributed by atoms with van der Waals surface area (Å²) in [6.45, 7) is 2.23. The van der Waals surface area contributed by atoms with Crippen molar-refractivity contribution >= 4 is 11.6 Å². The van der Waals surface area contributed by atoms with E-state index in [4.69, 9.17) is 16.7 Å². The van der Waals surface area contributed by atoms with Crippen LogP contribution in [0.4, 0.5) is 0 Å². The minimum absolute atomic E-state index is 0.175. The third kappa shape index (κ3) is 4.65. The monoisotopic (exact) mass is 352 g/mol. The maximum absolute atomic E-state index is 9.01. The molecule has 0 saturated heterocycles. The summed E-state index contributed by atoms with van der Waals surface area (Å²) in [7, 11) is 0. The van der Waals surface area contributed by atoms with Gasteiger partial charge in [0.1, 0.15) is 5.82 Å². The average Bonchev–Trinajstić information content (AvgIpc) is 2.63. The van der Waals surface area contributed by atoms with E-state index in [0.29, 0.717) is 11.4 Å². The highest BCUT2D eigenvalue weighted by Crippen LogP contribution is 2.22. The molecule has 0 aliphatic rings. The molecular weight excluding hydrogens is 332 g/mol. The molecule has 1 N–H and O–H groups in total. The van der Waals surface area contributed by atoms with Crippen molar-refractivity contribution in [3.8, 4) is 11.3 Å². The lowest BCUT2D eigenvalue weighted by Gasteiger charge is -2.09. The first kappa shape index (κ1) is 17.6. The molecule has 0 aliphatic carbocycles. The first-order valence-corrected chi connectivity index (χ1v) is 8.87. The van der Waals surface area contributed by atoms with E-state index in [1.165, 1.54) is 5.56 Å². The van der Waals surface area contributed by atoms with Crippen LogP contribution in [0.1, 0.15) is 29.6 Å². The van der Waals surface area contributed by atoms with Gasteiger partial charge >= 0.3 is 0 Å². The third-order valence-electron chi connectivity index (χ3n) is 4.07. The van der Waals surface area contributed by atoms with Crippen molar-refractivity contribution in [1.82, 2.24) is 9.97 Å². The maximum atomic E-state index is 9.01. The van der Waals surface area contributed by atoms with Crippen LogP contribution in [0, 0.1) is 0 Å². The summed E-state index contributed by atoms with van der Waals surface area (Å²) in [5, 5.41) is 9.72. The number of hydrogen-bond donors (Lipinski definition) is 1. The van der Waals surface area contributed by atoms with Gasteiger partial charge in [-0.05, 0) is 35.7 Å². The zero-order valence-electron chi connectivity index (χ0n) is 14.2. The number of halogens is 1. The van der Waals surface area contributed by atoms with E-state index < -0.39 is 0 Å². The minimum atomic E-state index is 0.175. The molecule has 25 heavy (non-hydrogen) atoms. The largest absolute Gasteiger partial charge is 0.396 e. The quantitative estimate of drug-likeness (QED) is 0.711. The third-order valence-corrected chi connectivity index (χ3v) is 4.31. The van der Waals surface area contributed by atoms with Crippen molar-refractivity contribution in [2.45, 2.75) is 26.2 Å². The van der Waals surface area contributed by atoms with Gasteiger partial charge in [-0.1, -0.05) is 54.9 Å². The molecule has 4 heteroatoms. The van der Waals surface area contributed by atoms with Gasteiger partial charge in [0.25, 0.3) is 0 Å². The first-order chi connectivity index (χ1) is 12.2. The Morgan fingerprint density at radius 2 is 1.72 bits per heavy atom. The predicted molar refractivity (Wildman–Crippen MR) is 102 cm³/mol. The van der Waals surface area contributed by atoms with Gasteiger partial charge in [0.2, 0.25) is 0 Å². The lowest BCUT2D eigenvalue weighted by atomic mass is 10.0. The Morgan fingerprint density at radius 3 is 2.40 bits per heavy atom. The molecule has 1 heterocycles. The topological polar surface area (TPSA) is 46.0 Å². The summed E-state index contributed by atoms with van der Waals surface area (Å²) in [5.74, 6) is 0.837. The van der Waals surface area contributed by atoms with E-state index in [1.807, 2.05) is 30.3 Å². The molecule has 128 valence electrons. The molecular formula is C21H21ClN2O. The van der Waals surface area contributed by atoms with Crippen LogP contribution in [0.3, 0.4) is 0 Å². The normalized spacial score (nSPS) is 10.8. The van der Waals surface area contributed by atoms with Crippen molar-refractivity contribution in [2.24, 2.45) is 0 Å². The Hall–Kier alpha value is -2.23. The van der Waals surface area contributed by atoms with Crippen LogP contribution in [0.25, 0.3) is 11.3 Å². The molecule has 0 radical (unpaired) electrons. The predicted octanol–water partition coefficient (Wildman–Crippen LogP) is 4.49. The van der Waals surface area contributed by atoms with E-state index in [-0.39, 0.29) is 6.61 Å². The Balaban J connectivity index is 1.89. The van der Waals surface area contributed by atoms with Crippen LogP contribution < -0.4 is 0 Å². The molecule has 2 aromatic carbocycles. The molecule has 0 aliphatic heterocycles. The molecule has 0 spiro atoms. The standard InChI is InChI=1S/C21H21ClN2O/c1-2-21-23-19(12-16-8-6-15(7-9-16)10-11-25)14-20(24-21)17-4-3-5-18(22)13-17/h3-9,13-14,25H,2,10-12H2,1H3. The van der Waals surface area contributed by atoms with Gasteiger partial charge in [0, 0.05) is 35.7 Å². The molecule has 0 unspecified atom stereocenters. The first-order valence-electron chi connectivity index (χ1n) is 8.49. The fourth-order valence-electron chi connectivity index (χ4n) is 2.76. The van der Waals surface area contributed by atoms with Crippen molar-refractivity contribution < 1.29 is 5.11 Å². The van der Waals surface area contributed by atoms with Gasteiger partial charge in [0.15, 0.2) is 0 Å². The zero-order valence-corrected chi connectivity index (χ0v) is 15.0. The van der Waals surface area contributed by atoms with E-state index in [2.05, 4.69) is 41.2 Å². The highest BCUT2D eigenvalue weighted by atomic mass is 35.5. The van der Waals surface area contributed by atoms with Gasteiger partial charge in [-0.3, -0.25) is 0 Å². The zero-order chi connectivity index (χ0) is 17.6. The van der Waals surface area contributed by atoms with Gasteiger partial charge < -0.3 is 5.11 Å². The van der Waals surface area contributed by atoms with Crippen LogP contribution in [0.2, 0.25) is 5.02 Å². The van der Waals surface area contributed by atoms with E-state index in [1.54, 1.807) is 0 Å². The second kappa shape index (κ2) is 8.24. The molecule has 3 aromatic rings. The van der Waals surface area contributed by atoms with Gasteiger partial charge in [-0.2, -0.15) is 0 Å². The van der Waals surface area contributed by atoms with Gasteiger partial charge in [0.05, 0.1) is 5.69 Å². The van der Waals surface area contributed by atoms with Crippen LogP contribution in [0.5, 0.6) is 0 Å². The minimum Gasteiger partial charge on any atom is -0.396 e. The molecule has 3 nitrogen and oxygen atoms in total. The number of benzene rings is 2. The highest BCUT2D eigenvalue weighted by molar-refractivity contribution is 6.30.